The van der Waals surface area contributed by atoms with Gasteiger partial charge in [-0.05, 0) is 53.8 Å². The van der Waals surface area contributed by atoms with Gasteiger partial charge in [0, 0.05) is 43.9 Å². The minimum atomic E-state index is -0.723. The molecule has 3 aromatic carbocycles. The van der Waals surface area contributed by atoms with Gasteiger partial charge in [-0.15, -0.1) is 0 Å². The summed E-state index contributed by atoms with van der Waals surface area (Å²) in [6.07, 6.45) is 0.419. The number of hydrogen-bond acceptors (Lipinski definition) is 8. The van der Waals surface area contributed by atoms with Gasteiger partial charge in [0.05, 0.1) is 31.1 Å². The number of nitrogens with zero attached hydrogens (tertiary/aromatic N) is 3. The second kappa shape index (κ2) is 12.3. The van der Waals surface area contributed by atoms with Crippen LogP contribution in [0.1, 0.15) is 38.3 Å². The van der Waals surface area contributed by atoms with Crippen LogP contribution in [0.3, 0.4) is 0 Å². The smallest absolute Gasteiger partial charge is 0.267 e. The lowest BCUT2D eigenvalue weighted by Gasteiger charge is -2.40. The van der Waals surface area contributed by atoms with Gasteiger partial charge in [-0.3, -0.25) is 14.4 Å². The molecule has 2 unspecified atom stereocenters. The molecular weight excluding hydrogens is 596 g/mol. The predicted octanol–water partition coefficient (Wildman–Crippen LogP) is 4.82. The number of rotatable bonds is 5. The molecule has 244 valence electrons. The van der Waals surface area contributed by atoms with Crippen molar-refractivity contribution >= 4 is 29.0 Å². The lowest BCUT2D eigenvalue weighted by Crippen LogP contribution is -2.56. The van der Waals surface area contributed by atoms with Crippen molar-refractivity contribution in [2.24, 2.45) is 5.41 Å². The molecule has 10 heteroatoms. The van der Waals surface area contributed by atoms with Gasteiger partial charge in [0.25, 0.3) is 5.91 Å². The maximum atomic E-state index is 14.1. The summed E-state index contributed by atoms with van der Waals surface area (Å²) in [5.41, 5.74) is 4.03. The predicted molar refractivity (Wildman–Crippen MR) is 178 cm³/mol. The molecule has 1 aliphatic carbocycles. The highest BCUT2D eigenvalue weighted by molar-refractivity contribution is 6.02. The Balaban J connectivity index is 1.13. The Hall–Kier alpha value is -4.99. The van der Waals surface area contributed by atoms with E-state index in [0.29, 0.717) is 56.1 Å². The number of anilines is 2. The number of para-hydroxylation sites is 4. The topological polar surface area (TPSA) is 101 Å². The SMILES string of the molecule is COc1ccc(C2C3=C(CC(C)(C)CC3=O)Nc3ccccc3N2CC(=O)N2CCN(C(=O)C3COc4ccccc4O3)CC2)cc1. The third-order valence-electron chi connectivity index (χ3n) is 9.47. The number of Topliss-reactive ketones (excluding diaryl/α,β-unsaturated/α-hetero) is 1. The maximum absolute atomic E-state index is 14.1. The van der Waals surface area contributed by atoms with Crippen LogP contribution < -0.4 is 24.4 Å². The van der Waals surface area contributed by atoms with Gasteiger partial charge in [0.15, 0.2) is 17.3 Å². The third kappa shape index (κ3) is 6.00. The fourth-order valence-corrected chi connectivity index (χ4v) is 7.13. The van der Waals surface area contributed by atoms with Gasteiger partial charge in [-0.1, -0.05) is 50.2 Å². The molecule has 0 radical (unpaired) electrons. The molecule has 3 aliphatic heterocycles. The number of ether oxygens (including phenoxy) is 3. The van der Waals surface area contributed by atoms with Crippen molar-refractivity contribution in [3.8, 4) is 17.2 Å². The van der Waals surface area contributed by atoms with Crippen LogP contribution in [0.2, 0.25) is 0 Å². The third-order valence-corrected chi connectivity index (χ3v) is 9.47. The van der Waals surface area contributed by atoms with Crippen LogP contribution in [0, 0.1) is 5.41 Å². The van der Waals surface area contributed by atoms with Crippen molar-refractivity contribution in [3.63, 3.8) is 0 Å². The lowest BCUT2D eigenvalue weighted by atomic mass is 9.73. The number of amides is 2. The van der Waals surface area contributed by atoms with E-state index >= 15 is 0 Å². The monoisotopic (exact) mass is 636 g/mol. The molecule has 10 nitrogen and oxygen atoms in total. The Morgan fingerprint density at radius 1 is 0.894 bits per heavy atom. The molecule has 4 aliphatic rings. The van der Waals surface area contributed by atoms with Crippen LogP contribution in [0.25, 0.3) is 0 Å². The average Bonchev–Trinajstić information content (AvgIpc) is 3.21. The average molecular weight is 637 g/mol. The Bertz CT molecular complexity index is 1730. The van der Waals surface area contributed by atoms with Crippen molar-refractivity contribution in [2.75, 3.05) is 56.7 Å². The number of carbonyl (C=O) groups is 3. The Morgan fingerprint density at radius 2 is 1.57 bits per heavy atom. The van der Waals surface area contributed by atoms with E-state index in [4.69, 9.17) is 14.2 Å². The zero-order valence-electron chi connectivity index (χ0n) is 27.0. The van der Waals surface area contributed by atoms with Crippen molar-refractivity contribution in [2.45, 2.75) is 38.8 Å². The number of benzene rings is 3. The van der Waals surface area contributed by atoms with Crippen LogP contribution in [-0.2, 0) is 14.4 Å². The largest absolute Gasteiger partial charge is 0.497 e. The number of methoxy groups -OCH3 is 1. The minimum Gasteiger partial charge on any atom is -0.497 e. The molecule has 3 heterocycles. The summed E-state index contributed by atoms with van der Waals surface area (Å²) in [4.78, 5) is 47.1. The van der Waals surface area contributed by atoms with E-state index in [-0.39, 0.29) is 36.2 Å². The molecule has 1 fully saturated rings. The summed E-state index contributed by atoms with van der Waals surface area (Å²) in [5.74, 6) is 1.78. The first kappa shape index (κ1) is 30.7. The van der Waals surface area contributed by atoms with Crippen LogP contribution in [0.15, 0.2) is 84.1 Å². The summed E-state index contributed by atoms with van der Waals surface area (Å²) >= 11 is 0. The summed E-state index contributed by atoms with van der Waals surface area (Å²) in [6.45, 7) is 6.05. The zero-order valence-corrected chi connectivity index (χ0v) is 27.0. The molecular formula is C37H40N4O6. The Kier molecular flexibility index (Phi) is 8.03. The van der Waals surface area contributed by atoms with E-state index in [0.717, 1.165) is 28.4 Å². The number of nitrogens with one attached hydrogen (secondary N) is 1. The van der Waals surface area contributed by atoms with E-state index in [1.165, 1.54) is 0 Å². The van der Waals surface area contributed by atoms with Crippen LogP contribution in [-0.4, -0.2) is 79.9 Å². The van der Waals surface area contributed by atoms with Crippen molar-refractivity contribution in [1.29, 1.82) is 0 Å². The zero-order chi connectivity index (χ0) is 32.7. The van der Waals surface area contributed by atoms with E-state index in [2.05, 4.69) is 24.1 Å². The molecule has 3 aromatic rings. The van der Waals surface area contributed by atoms with Crippen molar-refractivity contribution in [3.05, 3.63) is 89.6 Å². The first-order chi connectivity index (χ1) is 22.7. The Morgan fingerprint density at radius 3 is 2.32 bits per heavy atom. The number of ketones is 1. The molecule has 1 N–H and O–H groups in total. The highest BCUT2D eigenvalue weighted by Gasteiger charge is 2.42. The molecule has 2 atom stereocenters. The van der Waals surface area contributed by atoms with Crippen LogP contribution in [0.4, 0.5) is 11.4 Å². The summed E-state index contributed by atoms with van der Waals surface area (Å²) in [6, 6.07) is 22.5. The number of allylic oxidation sites excluding steroid dienone is 1. The first-order valence-corrected chi connectivity index (χ1v) is 16.2. The van der Waals surface area contributed by atoms with E-state index < -0.39 is 12.1 Å². The second-order valence-corrected chi connectivity index (χ2v) is 13.3. The van der Waals surface area contributed by atoms with Gasteiger partial charge in [0.2, 0.25) is 12.0 Å². The number of carbonyl (C=O) groups excluding carboxylic acids is 3. The summed E-state index contributed by atoms with van der Waals surface area (Å²) < 4.78 is 17.2. The van der Waals surface area contributed by atoms with E-state index in [1.807, 2.05) is 71.6 Å². The lowest BCUT2D eigenvalue weighted by molar-refractivity contribution is -0.145. The molecule has 0 aromatic heterocycles. The standard InChI is InChI=1S/C37H40N4O6/c1-37(2)20-27-34(29(42)21-37)35(24-12-14-25(45-3)15-13-24)41(28-9-5-4-8-26(28)38-27)22-33(43)39-16-18-40(19-17-39)36(44)32-23-46-30-10-6-7-11-31(30)47-32/h4-15,32,35,38H,16-23H2,1-3H3. The van der Waals surface area contributed by atoms with Gasteiger partial charge < -0.3 is 34.2 Å². The second-order valence-electron chi connectivity index (χ2n) is 13.3. The Labute approximate surface area is 274 Å². The molecule has 0 saturated carbocycles. The highest BCUT2D eigenvalue weighted by Crippen LogP contribution is 2.48. The molecule has 0 bridgehead atoms. The normalized spacial score (nSPS) is 21.7. The minimum absolute atomic E-state index is 0.0626. The fraction of sp³-hybridized carbons (Fsp3) is 0.378. The first-order valence-electron chi connectivity index (χ1n) is 16.2. The highest BCUT2D eigenvalue weighted by atomic mass is 16.6. The van der Waals surface area contributed by atoms with Crippen molar-refractivity contribution in [1.82, 2.24) is 9.80 Å². The fourth-order valence-electron chi connectivity index (χ4n) is 7.13. The van der Waals surface area contributed by atoms with Crippen LogP contribution in [0.5, 0.6) is 17.2 Å². The van der Waals surface area contributed by atoms with Gasteiger partial charge in [-0.2, -0.15) is 0 Å². The van der Waals surface area contributed by atoms with E-state index in [9.17, 15) is 14.4 Å². The quantitative estimate of drug-likeness (QED) is 0.426. The number of hydrogen-bond donors (Lipinski definition) is 1. The molecule has 7 rings (SSSR count). The molecule has 1 saturated heterocycles. The molecule has 2 amide bonds. The van der Waals surface area contributed by atoms with Crippen LogP contribution >= 0.6 is 0 Å². The number of fused-ring (bicyclic) bond motifs is 2. The summed E-state index contributed by atoms with van der Waals surface area (Å²) in [5, 5.41) is 3.61. The van der Waals surface area contributed by atoms with Gasteiger partial charge in [-0.25, -0.2) is 0 Å². The van der Waals surface area contributed by atoms with Gasteiger partial charge >= 0.3 is 0 Å². The molecule has 0 spiro atoms. The van der Waals surface area contributed by atoms with E-state index in [1.54, 1.807) is 18.1 Å². The van der Waals surface area contributed by atoms with Gasteiger partial charge in [0.1, 0.15) is 12.4 Å². The summed E-state index contributed by atoms with van der Waals surface area (Å²) in [7, 11) is 1.63. The number of piperazine rings is 1. The molecule has 47 heavy (non-hydrogen) atoms. The van der Waals surface area contributed by atoms with Crippen molar-refractivity contribution < 1.29 is 28.6 Å². The maximum Gasteiger partial charge on any atom is 0.267 e.